The molecule has 1 aromatic rings. The van der Waals surface area contributed by atoms with Gasteiger partial charge in [0.15, 0.2) is 0 Å². The fourth-order valence-corrected chi connectivity index (χ4v) is 2.50. The highest BCUT2D eigenvalue weighted by atomic mass is 16.3. The van der Waals surface area contributed by atoms with E-state index in [4.69, 9.17) is 0 Å². The largest absolute Gasteiger partial charge is 0.508 e. The first-order valence-corrected chi connectivity index (χ1v) is 6.16. The number of hydrogen-bond acceptors (Lipinski definition) is 3. The average molecular weight is 233 g/mol. The Hall–Kier alpha value is -1.35. The lowest BCUT2D eigenvalue weighted by molar-refractivity contribution is -0.118. The van der Waals surface area contributed by atoms with Crippen molar-refractivity contribution in [2.75, 3.05) is 6.54 Å². The van der Waals surface area contributed by atoms with Crippen molar-refractivity contribution in [1.29, 1.82) is 0 Å². The maximum atomic E-state index is 11.2. The topological polar surface area (TPSA) is 40.5 Å². The Labute approximate surface area is 102 Å². The second-order valence-corrected chi connectivity index (χ2v) is 4.84. The van der Waals surface area contributed by atoms with Crippen LogP contribution in [0, 0.1) is 0 Å². The molecule has 1 atom stereocenters. The molecule has 0 aliphatic carbocycles. The van der Waals surface area contributed by atoms with Gasteiger partial charge in [-0.05, 0) is 44.0 Å². The van der Waals surface area contributed by atoms with E-state index in [1.807, 2.05) is 12.1 Å². The van der Waals surface area contributed by atoms with Crippen LogP contribution in [0.5, 0.6) is 5.75 Å². The molecule has 1 aliphatic rings. The molecule has 1 saturated heterocycles. The van der Waals surface area contributed by atoms with E-state index in [0.29, 0.717) is 18.2 Å². The number of aromatic hydroxyl groups is 1. The highest BCUT2D eigenvalue weighted by Crippen LogP contribution is 2.23. The molecule has 0 saturated carbocycles. The number of phenolic OH excluding ortho intramolecular Hbond substituents is 1. The molecule has 1 heterocycles. The Balaban J connectivity index is 1.97. The minimum absolute atomic E-state index is 0.271. The normalized spacial score (nSPS) is 20.6. The van der Waals surface area contributed by atoms with Gasteiger partial charge >= 0.3 is 0 Å². The minimum atomic E-state index is 0.271. The number of rotatable bonds is 4. The van der Waals surface area contributed by atoms with Gasteiger partial charge in [0.05, 0.1) is 0 Å². The Kier molecular flexibility index (Phi) is 3.79. The van der Waals surface area contributed by atoms with Gasteiger partial charge in [0.2, 0.25) is 0 Å². The van der Waals surface area contributed by atoms with E-state index < -0.39 is 0 Å². The number of benzene rings is 1. The van der Waals surface area contributed by atoms with E-state index in [0.717, 1.165) is 19.5 Å². The molecule has 0 aromatic heterocycles. The van der Waals surface area contributed by atoms with Gasteiger partial charge in [-0.2, -0.15) is 0 Å². The zero-order valence-electron chi connectivity index (χ0n) is 10.2. The second kappa shape index (κ2) is 5.32. The van der Waals surface area contributed by atoms with Gasteiger partial charge in [0.1, 0.15) is 11.5 Å². The number of ketones is 1. The van der Waals surface area contributed by atoms with Crippen molar-refractivity contribution in [2.24, 2.45) is 0 Å². The molecule has 1 aromatic carbocycles. The van der Waals surface area contributed by atoms with E-state index in [-0.39, 0.29) is 5.78 Å². The van der Waals surface area contributed by atoms with E-state index >= 15 is 0 Å². The number of likely N-dealkylation sites (tertiary alicyclic amines) is 1. The van der Waals surface area contributed by atoms with E-state index in [2.05, 4.69) is 4.90 Å². The first-order valence-electron chi connectivity index (χ1n) is 6.16. The van der Waals surface area contributed by atoms with Gasteiger partial charge in [0.25, 0.3) is 0 Å². The summed E-state index contributed by atoms with van der Waals surface area (Å²) in [5.41, 5.74) is 1.19. The van der Waals surface area contributed by atoms with Crippen LogP contribution in [0.1, 0.15) is 31.7 Å². The molecule has 17 heavy (non-hydrogen) atoms. The van der Waals surface area contributed by atoms with Crippen molar-refractivity contribution < 1.29 is 9.90 Å². The lowest BCUT2D eigenvalue weighted by Gasteiger charge is -2.23. The van der Waals surface area contributed by atoms with Crippen LogP contribution in [-0.4, -0.2) is 28.4 Å². The first kappa shape index (κ1) is 12.1. The number of carbonyl (C=O) groups excluding carboxylic acids is 1. The molecular weight excluding hydrogens is 214 g/mol. The molecule has 0 bridgehead atoms. The van der Waals surface area contributed by atoms with Crippen LogP contribution in [0.15, 0.2) is 24.3 Å². The highest BCUT2D eigenvalue weighted by molar-refractivity contribution is 5.76. The number of hydrogen-bond donors (Lipinski definition) is 1. The molecule has 1 aliphatic heterocycles. The lowest BCUT2D eigenvalue weighted by atomic mass is 10.1. The van der Waals surface area contributed by atoms with Crippen molar-refractivity contribution in [1.82, 2.24) is 4.90 Å². The Morgan fingerprint density at radius 2 is 2.12 bits per heavy atom. The molecule has 0 radical (unpaired) electrons. The Bertz CT molecular complexity index is 386. The fourth-order valence-electron chi connectivity index (χ4n) is 2.50. The van der Waals surface area contributed by atoms with Crippen LogP contribution in [0.25, 0.3) is 0 Å². The predicted molar refractivity (Wildman–Crippen MR) is 66.8 cm³/mol. The Morgan fingerprint density at radius 3 is 2.76 bits per heavy atom. The molecule has 0 spiro atoms. The summed E-state index contributed by atoms with van der Waals surface area (Å²) in [5.74, 6) is 0.572. The van der Waals surface area contributed by atoms with Gasteiger partial charge in [-0.1, -0.05) is 12.1 Å². The van der Waals surface area contributed by atoms with Gasteiger partial charge in [-0.25, -0.2) is 0 Å². The van der Waals surface area contributed by atoms with Crippen molar-refractivity contribution in [3.63, 3.8) is 0 Å². The van der Waals surface area contributed by atoms with Gasteiger partial charge in [0, 0.05) is 19.0 Å². The van der Waals surface area contributed by atoms with Crippen molar-refractivity contribution in [3.05, 3.63) is 29.8 Å². The third-order valence-corrected chi connectivity index (χ3v) is 3.34. The van der Waals surface area contributed by atoms with Crippen LogP contribution in [0.4, 0.5) is 0 Å². The zero-order valence-corrected chi connectivity index (χ0v) is 10.2. The van der Waals surface area contributed by atoms with Crippen LogP contribution < -0.4 is 0 Å². The summed E-state index contributed by atoms with van der Waals surface area (Å²) in [5, 5.41) is 9.23. The summed E-state index contributed by atoms with van der Waals surface area (Å²) in [4.78, 5) is 13.6. The molecule has 0 amide bonds. The van der Waals surface area contributed by atoms with E-state index in [1.165, 1.54) is 12.0 Å². The summed E-state index contributed by atoms with van der Waals surface area (Å²) >= 11 is 0. The second-order valence-electron chi connectivity index (χ2n) is 4.84. The average Bonchev–Trinajstić information content (AvgIpc) is 2.68. The summed E-state index contributed by atoms with van der Waals surface area (Å²) in [7, 11) is 0. The number of nitrogens with zero attached hydrogens (tertiary/aromatic N) is 1. The SMILES string of the molecule is CC(=O)CC1CCCN1Cc1ccc(O)cc1. The van der Waals surface area contributed by atoms with Crippen LogP contribution in [0.2, 0.25) is 0 Å². The predicted octanol–water partition coefficient (Wildman–Crippen LogP) is 2.34. The third kappa shape index (κ3) is 3.30. The van der Waals surface area contributed by atoms with Crippen molar-refractivity contribution >= 4 is 5.78 Å². The molecule has 2 rings (SSSR count). The smallest absolute Gasteiger partial charge is 0.131 e. The quantitative estimate of drug-likeness (QED) is 0.867. The van der Waals surface area contributed by atoms with Crippen molar-refractivity contribution in [2.45, 2.75) is 38.8 Å². The minimum Gasteiger partial charge on any atom is -0.508 e. The summed E-state index contributed by atoms with van der Waals surface area (Å²) in [6, 6.07) is 7.72. The maximum absolute atomic E-state index is 11.2. The standard InChI is InChI=1S/C14H19NO2/c1-11(16)9-13-3-2-8-15(13)10-12-4-6-14(17)7-5-12/h4-7,13,17H,2-3,8-10H2,1H3. The summed E-state index contributed by atoms with van der Waals surface area (Å²) < 4.78 is 0. The van der Waals surface area contributed by atoms with Gasteiger partial charge < -0.3 is 5.11 Å². The Morgan fingerprint density at radius 1 is 1.41 bits per heavy atom. The third-order valence-electron chi connectivity index (χ3n) is 3.34. The van der Waals surface area contributed by atoms with Crippen molar-refractivity contribution in [3.8, 4) is 5.75 Å². The number of Topliss-reactive ketones (excluding diaryl/α,β-unsaturated/α-hetero) is 1. The van der Waals surface area contributed by atoms with Crippen LogP contribution >= 0.6 is 0 Å². The maximum Gasteiger partial charge on any atom is 0.131 e. The summed E-state index contributed by atoms with van der Waals surface area (Å²) in [6.07, 6.45) is 2.96. The monoisotopic (exact) mass is 233 g/mol. The lowest BCUT2D eigenvalue weighted by Crippen LogP contribution is -2.30. The molecule has 1 unspecified atom stereocenters. The molecular formula is C14H19NO2. The molecule has 3 nitrogen and oxygen atoms in total. The molecule has 92 valence electrons. The van der Waals surface area contributed by atoms with E-state index in [1.54, 1.807) is 19.1 Å². The molecule has 1 fully saturated rings. The molecule has 3 heteroatoms. The highest BCUT2D eigenvalue weighted by Gasteiger charge is 2.25. The van der Waals surface area contributed by atoms with Crippen LogP contribution in [0.3, 0.4) is 0 Å². The number of phenols is 1. The van der Waals surface area contributed by atoms with Crippen LogP contribution in [-0.2, 0) is 11.3 Å². The fraction of sp³-hybridized carbons (Fsp3) is 0.500. The van der Waals surface area contributed by atoms with Gasteiger partial charge in [-0.15, -0.1) is 0 Å². The zero-order chi connectivity index (χ0) is 12.3. The number of carbonyl (C=O) groups is 1. The van der Waals surface area contributed by atoms with Gasteiger partial charge in [-0.3, -0.25) is 9.69 Å². The first-order chi connectivity index (χ1) is 8.15. The summed E-state index contributed by atoms with van der Waals surface area (Å²) in [6.45, 7) is 3.61. The van der Waals surface area contributed by atoms with E-state index in [9.17, 15) is 9.90 Å². The molecule has 1 N–H and O–H groups in total.